The first-order chi connectivity index (χ1) is 6.31. The van der Waals surface area contributed by atoms with Gasteiger partial charge in [0.1, 0.15) is 0 Å². The van der Waals surface area contributed by atoms with Crippen molar-refractivity contribution < 1.29 is 4.57 Å². The molecule has 1 aromatic carbocycles. The number of hydrogen-bond acceptors (Lipinski definition) is 1. The van der Waals surface area contributed by atoms with Crippen molar-refractivity contribution in [1.82, 2.24) is 5.09 Å². The lowest BCUT2D eigenvalue weighted by Gasteiger charge is -2.24. The molecule has 70 valence electrons. The second-order valence-electron chi connectivity index (χ2n) is 3.41. The minimum atomic E-state index is -2.22. The maximum Gasteiger partial charge on any atom is 0.176 e. The van der Waals surface area contributed by atoms with Crippen molar-refractivity contribution in [3.63, 3.8) is 0 Å². The summed E-state index contributed by atoms with van der Waals surface area (Å²) in [7, 11) is -2.22. The number of benzene rings is 1. The zero-order chi connectivity index (χ0) is 9.15. The molecule has 1 atom stereocenters. The molecule has 1 unspecified atom stereocenters. The summed E-state index contributed by atoms with van der Waals surface area (Å²) in [6, 6.07) is 9.77. The smallest absolute Gasteiger partial charge is 0.176 e. The van der Waals surface area contributed by atoms with Gasteiger partial charge in [-0.05, 0) is 12.8 Å². The number of rotatable bonds is 1. The summed E-state index contributed by atoms with van der Waals surface area (Å²) < 4.78 is 12.3. The van der Waals surface area contributed by atoms with Crippen molar-refractivity contribution in [2.24, 2.45) is 0 Å². The summed E-state index contributed by atoms with van der Waals surface area (Å²) in [6.07, 6.45) is 3.05. The molecule has 1 aliphatic rings. The van der Waals surface area contributed by atoms with Gasteiger partial charge in [0.25, 0.3) is 0 Å². The normalized spacial score (nSPS) is 28.6. The van der Waals surface area contributed by atoms with E-state index in [9.17, 15) is 4.57 Å². The topological polar surface area (TPSA) is 29.1 Å². The van der Waals surface area contributed by atoms with Crippen LogP contribution in [-0.4, -0.2) is 12.7 Å². The van der Waals surface area contributed by atoms with Crippen molar-refractivity contribution in [2.45, 2.75) is 12.8 Å². The van der Waals surface area contributed by atoms with Gasteiger partial charge >= 0.3 is 0 Å². The summed E-state index contributed by atoms with van der Waals surface area (Å²) in [5.74, 6) is 0. The molecule has 3 heteroatoms. The Balaban J connectivity index is 2.29. The van der Waals surface area contributed by atoms with Gasteiger partial charge in [-0.1, -0.05) is 30.3 Å². The van der Waals surface area contributed by atoms with Crippen molar-refractivity contribution in [3.8, 4) is 0 Å². The predicted octanol–water partition coefficient (Wildman–Crippen LogP) is 1.97. The molecule has 0 aromatic heterocycles. The highest BCUT2D eigenvalue weighted by molar-refractivity contribution is 7.69. The fourth-order valence-corrected chi connectivity index (χ4v) is 4.13. The Morgan fingerprint density at radius 2 is 1.92 bits per heavy atom. The molecule has 0 amide bonds. The third-order valence-corrected chi connectivity index (χ3v) is 5.25. The molecule has 1 N–H and O–H groups in total. The van der Waals surface area contributed by atoms with Crippen LogP contribution in [0, 0.1) is 0 Å². The van der Waals surface area contributed by atoms with Crippen LogP contribution in [0.2, 0.25) is 0 Å². The third-order valence-electron chi connectivity index (χ3n) is 2.44. The van der Waals surface area contributed by atoms with E-state index in [0.717, 1.165) is 30.9 Å². The van der Waals surface area contributed by atoms with E-state index >= 15 is 0 Å². The summed E-state index contributed by atoms with van der Waals surface area (Å²) >= 11 is 0. The lowest BCUT2D eigenvalue weighted by molar-refractivity contribution is 0.556. The van der Waals surface area contributed by atoms with Gasteiger partial charge in [0.2, 0.25) is 0 Å². The van der Waals surface area contributed by atoms with Crippen LogP contribution < -0.4 is 10.4 Å². The highest BCUT2D eigenvalue weighted by atomic mass is 31.2. The second kappa shape index (κ2) is 3.65. The molecule has 2 nitrogen and oxygen atoms in total. The van der Waals surface area contributed by atoms with Gasteiger partial charge in [-0.3, -0.25) is 5.09 Å². The maximum atomic E-state index is 12.3. The van der Waals surface area contributed by atoms with E-state index in [0.29, 0.717) is 0 Å². The van der Waals surface area contributed by atoms with Gasteiger partial charge in [0.05, 0.1) is 0 Å². The van der Waals surface area contributed by atoms with E-state index < -0.39 is 7.29 Å². The third kappa shape index (κ3) is 1.84. The van der Waals surface area contributed by atoms with E-state index in [1.54, 1.807) is 0 Å². The fourth-order valence-electron chi connectivity index (χ4n) is 1.69. The molecule has 0 radical (unpaired) electrons. The highest BCUT2D eigenvalue weighted by Crippen LogP contribution is 2.42. The van der Waals surface area contributed by atoms with Crippen molar-refractivity contribution >= 4 is 12.6 Å². The molecular weight excluding hydrogens is 181 g/mol. The Morgan fingerprint density at radius 3 is 2.54 bits per heavy atom. The summed E-state index contributed by atoms with van der Waals surface area (Å²) in [5, 5.41) is 4.15. The fraction of sp³-hybridized carbons (Fsp3) is 0.400. The van der Waals surface area contributed by atoms with Crippen LogP contribution in [0.25, 0.3) is 0 Å². The largest absolute Gasteiger partial charge is 0.302 e. The van der Waals surface area contributed by atoms with Crippen molar-refractivity contribution in [1.29, 1.82) is 0 Å². The maximum absolute atomic E-state index is 12.3. The molecule has 13 heavy (non-hydrogen) atoms. The monoisotopic (exact) mass is 195 g/mol. The van der Waals surface area contributed by atoms with Crippen LogP contribution >= 0.6 is 7.29 Å². The molecule has 1 aromatic rings. The molecule has 1 aliphatic heterocycles. The average Bonchev–Trinajstić information content (AvgIpc) is 2.20. The van der Waals surface area contributed by atoms with Crippen LogP contribution in [0.3, 0.4) is 0 Å². The van der Waals surface area contributed by atoms with Gasteiger partial charge in [-0.15, -0.1) is 0 Å². The minimum absolute atomic E-state index is 0.816. The molecule has 0 aliphatic carbocycles. The average molecular weight is 195 g/mol. The Kier molecular flexibility index (Phi) is 2.52. The van der Waals surface area contributed by atoms with Gasteiger partial charge in [-0.2, -0.15) is 0 Å². The Morgan fingerprint density at radius 1 is 1.15 bits per heavy atom. The van der Waals surface area contributed by atoms with E-state index in [1.807, 2.05) is 30.3 Å². The first-order valence-electron chi connectivity index (χ1n) is 4.71. The van der Waals surface area contributed by atoms with Crippen LogP contribution in [-0.2, 0) is 4.57 Å². The van der Waals surface area contributed by atoms with Gasteiger partial charge in [0.15, 0.2) is 7.29 Å². The second-order valence-corrected chi connectivity index (χ2v) is 6.17. The minimum Gasteiger partial charge on any atom is -0.302 e. The quantitative estimate of drug-likeness (QED) is 0.694. The van der Waals surface area contributed by atoms with E-state index in [-0.39, 0.29) is 0 Å². The molecule has 0 spiro atoms. The number of nitrogens with one attached hydrogen (secondary N) is 1. The summed E-state index contributed by atoms with van der Waals surface area (Å²) in [5.41, 5.74) is 0. The Labute approximate surface area is 78.8 Å². The zero-order valence-electron chi connectivity index (χ0n) is 7.57. The standard InChI is InChI=1S/C10H14NOP/c12-13(9-5-4-8-11-13)10-6-2-1-3-7-10/h1-3,6-7H,4-5,8-9H2,(H,11,12). The van der Waals surface area contributed by atoms with Gasteiger partial charge < -0.3 is 4.57 Å². The SMILES string of the molecule is O=P1(c2ccccc2)CCCCN1. The van der Waals surface area contributed by atoms with E-state index in [2.05, 4.69) is 5.09 Å². The van der Waals surface area contributed by atoms with Gasteiger partial charge in [-0.25, -0.2) is 0 Å². The first kappa shape index (κ1) is 8.98. The molecule has 2 rings (SSSR count). The zero-order valence-corrected chi connectivity index (χ0v) is 8.47. The Bertz CT molecular complexity index is 313. The highest BCUT2D eigenvalue weighted by Gasteiger charge is 2.25. The molecule has 1 heterocycles. The summed E-state index contributed by atoms with van der Waals surface area (Å²) in [4.78, 5) is 0. The van der Waals surface area contributed by atoms with Crippen molar-refractivity contribution in [3.05, 3.63) is 30.3 Å². The lowest BCUT2D eigenvalue weighted by Crippen LogP contribution is -2.26. The first-order valence-corrected chi connectivity index (χ1v) is 6.60. The van der Waals surface area contributed by atoms with Crippen LogP contribution in [0.15, 0.2) is 30.3 Å². The van der Waals surface area contributed by atoms with Crippen molar-refractivity contribution in [2.75, 3.05) is 12.7 Å². The van der Waals surface area contributed by atoms with Gasteiger partial charge in [0, 0.05) is 18.0 Å². The Hall–Kier alpha value is -0.590. The predicted molar refractivity (Wildman–Crippen MR) is 55.8 cm³/mol. The van der Waals surface area contributed by atoms with Crippen LogP contribution in [0.5, 0.6) is 0 Å². The number of hydrogen-bond donors (Lipinski definition) is 1. The summed E-state index contributed by atoms with van der Waals surface area (Å²) in [6.45, 7) is 0.895. The molecule has 1 saturated heterocycles. The van der Waals surface area contributed by atoms with Crippen LogP contribution in [0.4, 0.5) is 0 Å². The van der Waals surface area contributed by atoms with E-state index in [4.69, 9.17) is 0 Å². The van der Waals surface area contributed by atoms with E-state index in [1.165, 1.54) is 0 Å². The molecule has 0 bridgehead atoms. The van der Waals surface area contributed by atoms with Crippen LogP contribution in [0.1, 0.15) is 12.8 Å². The lowest BCUT2D eigenvalue weighted by atomic mass is 10.3. The molecule has 1 fully saturated rings. The molecular formula is C10H14NOP. The molecule has 0 saturated carbocycles.